The van der Waals surface area contributed by atoms with Gasteiger partial charge in [-0.3, -0.25) is 0 Å². The third-order valence-electron chi connectivity index (χ3n) is 3.50. The molecule has 0 unspecified atom stereocenters. The summed E-state index contributed by atoms with van der Waals surface area (Å²) in [6.45, 7) is 0. The Labute approximate surface area is 125 Å². The van der Waals surface area contributed by atoms with Crippen LogP contribution in [0.4, 0.5) is 0 Å². The highest BCUT2D eigenvalue weighted by Gasteiger charge is 2.21. The van der Waals surface area contributed by atoms with Crippen LogP contribution in [0.3, 0.4) is 0 Å². The highest BCUT2D eigenvalue weighted by Crippen LogP contribution is 2.34. The molecule has 1 aromatic carbocycles. The van der Waals surface area contributed by atoms with Crippen molar-refractivity contribution in [1.82, 2.24) is 10.2 Å². The number of hydrogen-bond donors (Lipinski definition) is 0. The fourth-order valence-corrected chi connectivity index (χ4v) is 3.40. The molecular formula is C14H14BrClN2O. The van der Waals surface area contributed by atoms with Gasteiger partial charge in [0.2, 0.25) is 11.8 Å². The molecule has 1 aliphatic rings. The zero-order chi connectivity index (χ0) is 13.2. The van der Waals surface area contributed by atoms with Gasteiger partial charge in [-0.05, 0) is 31.0 Å². The number of nitrogens with zero attached hydrogens (tertiary/aromatic N) is 2. The minimum atomic E-state index is 0.428. The topological polar surface area (TPSA) is 38.9 Å². The molecule has 19 heavy (non-hydrogen) atoms. The molecule has 1 aliphatic carbocycles. The third kappa shape index (κ3) is 3.00. The molecule has 0 spiro atoms. The van der Waals surface area contributed by atoms with Gasteiger partial charge in [-0.15, -0.1) is 10.2 Å². The minimum Gasteiger partial charge on any atom is -0.420 e. The van der Waals surface area contributed by atoms with E-state index in [1.165, 1.54) is 19.3 Å². The van der Waals surface area contributed by atoms with Crippen molar-refractivity contribution in [1.29, 1.82) is 0 Å². The first-order chi connectivity index (χ1) is 9.22. The summed E-state index contributed by atoms with van der Waals surface area (Å²) >= 11 is 9.46. The minimum absolute atomic E-state index is 0.428. The first kappa shape index (κ1) is 13.1. The quantitative estimate of drug-likeness (QED) is 0.753. The first-order valence-electron chi connectivity index (χ1n) is 6.52. The average molecular weight is 342 g/mol. The van der Waals surface area contributed by atoms with Crippen LogP contribution < -0.4 is 0 Å². The summed E-state index contributed by atoms with van der Waals surface area (Å²) in [5.74, 6) is 1.74. The van der Waals surface area contributed by atoms with Crippen molar-refractivity contribution in [2.75, 3.05) is 0 Å². The molecule has 0 radical (unpaired) electrons. The van der Waals surface area contributed by atoms with Crippen LogP contribution in [-0.2, 0) is 0 Å². The lowest BCUT2D eigenvalue weighted by molar-refractivity contribution is 0.367. The van der Waals surface area contributed by atoms with Crippen molar-refractivity contribution in [3.8, 4) is 11.5 Å². The molecule has 0 saturated heterocycles. The summed E-state index contributed by atoms with van der Waals surface area (Å²) in [6, 6.07) is 5.61. The number of benzene rings is 1. The highest BCUT2D eigenvalue weighted by atomic mass is 79.9. The van der Waals surface area contributed by atoms with E-state index in [-0.39, 0.29) is 0 Å². The summed E-state index contributed by atoms with van der Waals surface area (Å²) in [6.07, 6.45) is 6.14. The van der Waals surface area contributed by atoms with Crippen molar-refractivity contribution in [2.45, 2.75) is 38.0 Å². The van der Waals surface area contributed by atoms with Crippen molar-refractivity contribution >= 4 is 27.5 Å². The van der Waals surface area contributed by atoms with Crippen LogP contribution in [0.25, 0.3) is 11.5 Å². The van der Waals surface area contributed by atoms with Crippen LogP contribution >= 0.6 is 27.5 Å². The van der Waals surface area contributed by atoms with Gasteiger partial charge in [-0.2, -0.15) is 0 Å². The molecule has 0 atom stereocenters. The van der Waals surface area contributed by atoms with E-state index in [2.05, 4.69) is 26.1 Å². The molecular weight excluding hydrogens is 328 g/mol. The standard InChI is InChI=1S/C14H14BrClN2O/c15-11-6-10(7-12(16)8-11)14-18-17-13(19-14)9-4-2-1-3-5-9/h6-9H,1-5H2. The van der Waals surface area contributed by atoms with Crippen LogP contribution in [0.5, 0.6) is 0 Å². The van der Waals surface area contributed by atoms with Crippen LogP contribution in [0.15, 0.2) is 27.1 Å². The van der Waals surface area contributed by atoms with Crippen molar-refractivity contribution in [3.63, 3.8) is 0 Å². The number of halogens is 2. The monoisotopic (exact) mass is 340 g/mol. The van der Waals surface area contributed by atoms with Gasteiger partial charge >= 0.3 is 0 Å². The van der Waals surface area contributed by atoms with Crippen molar-refractivity contribution in [2.24, 2.45) is 0 Å². The molecule has 2 aromatic rings. The number of aromatic nitrogens is 2. The van der Waals surface area contributed by atoms with Crippen molar-refractivity contribution < 1.29 is 4.42 Å². The second-order valence-corrected chi connectivity index (χ2v) is 6.29. The van der Waals surface area contributed by atoms with Crippen LogP contribution in [0.1, 0.15) is 43.9 Å². The van der Waals surface area contributed by atoms with E-state index in [0.717, 1.165) is 28.8 Å². The highest BCUT2D eigenvalue weighted by molar-refractivity contribution is 9.10. The fraction of sp³-hybridized carbons (Fsp3) is 0.429. The summed E-state index contributed by atoms with van der Waals surface area (Å²) in [5, 5.41) is 9.00. The Kier molecular flexibility index (Phi) is 3.89. The van der Waals surface area contributed by atoms with Crippen LogP contribution in [-0.4, -0.2) is 10.2 Å². The lowest BCUT2D eigenvalue weighted by Gasteiger charge is -2.17. The maximum atomic E-state index is 6.04. The smallest absolute Gasteiger partial charge is 0.247 e. The molecule has 5 heteroatoms. The Morgan fingerprint density at radius 3 is 2.63 bits per heavy atom. The van der Waals surface area contributed by atoms with Gasteiger partial charge in [-0.25, -0.2) is 0 Å². The molecule has 0 aliphatic heterocycles. The zero-order valence-corrected chi connectivity index (χ0v) is 12.7. The number of hydrogen-bond acceptors (Lipinski definition) is 3. The van der Waals surface area contributed by atoms with E-state index in [1.54, 1.807) is 0 Å². The first-order valence-corrected chi connectivity index (χ1v) is 7.69. The second kappa shape index (κ2) is 5.63. The van der Waals surface area contributed by atoms with E-state index in [0.29, 0.717) is 16.8 Å². The lowest BCUT2D eigenvalue weighted by atomic mass is 9.89. The molecule has 100 valence electrons. The van der Waals surface area contributed by atoms with Crippen molar-refractivity contribution in [3.05, 3.63) is 33.6 Å². The van der Waals surface area contributed by atoms with Gasteiger partial charge < -0.3 is 4.42 Å². The van der Waals surface area contributed by atoms with E-state index in [4.69, 9.17) is 16.0 Å². The SMILES string of the molecule is Clc1cc(Br)cc(-c2nnc(C3CCCCC3)o2)c1. The summed E-state index contributed by atoms with van der Waals surface area (Å²) < 4.78 is 6.73. The van der Waals surface area contributed by atoms with Gasteiger partial charge in [0.15, 0.2) is 0 Å². The lowest BCUT2D eigenvalue weighted by Crippen LogP contribution is -2.04. The molecule has 1 heterocycles. The summed E-state index contributed by atoms with van der Waals surface area (Å²) in [4.78, 5) is 0. The Bertz CT molecular complexity index is 558. The maximum Gasteiger partial charge on any atom is 0.247 e. The van der Waals surface area contributed by atoms with E-state index >= 15 is 0 Å². The Balaban J connectivity index is 1.87. The fourth-order valence-electron chi connectivity index (χ4n) is 2.54. The van der Waals surface area contributed by atoms with Gasteiger partial charge in [-0.1, -0.05) is 46.8 Å². The molecule has 3 rings (SSSR count). The molecule has 1 saturated carbocycles. The zero-order valence-electron chi connectivity index (χ0n) is 10.4. The summed E-state index contributed by atoms with van der Waals surface area (Å²) in [5.41, 5.74) is 0.855. The van der Waals surface area contributed by atoms with Crippen LogP contribution in [0.2, 0.25) is 5.02 Å². The van der Waals surface area contributed by atoms with Gasteiger partial charge in [0, 0.05) is 21.0 Å². The van der Waals surface area contributed by atoms with Gasteiger partial charge in [0.25, 0.3) is 0 Å². The average Bonchev–Trinajstić information content (AvgIpc) is 2.88. The molecule has 3 nitrogen and oxygen atoms in total. The molecule has 0 bridgehead atoms. The van der Waals surface area contributed by atoms with E-state index in [1.807, 2.05) is 18.2 Å². The predicted molar refractivity (Wildman–Crippen MR) is 78.3 cm³/mol. The van der Waals surface area contributed by atoms with E-state index in [9.17, 15) is 0 Å². The van der Waals surface area contributed by atoms with Gasteiger partial charge in [0.05, 0.1) is 0 Å². The molecule has 1 aromatic heterocycles. The maximum absolute atomic E-state index is 6.04. The molecule has 0 N–H and O–H groups in total. The predicted octanol–water partition coefficient (Wildman–Crippen LogP) is 5.20. The Morgan fingerprint density at radius 1 is 1.11 bits per heavy atom. The van der Waals surface area contributed by atoms with E-state index < -0.39 is 0 Å². The molecule has 1 fully saturated rings. The number of rotatable bonds is 2. The Hall–Kier alpha value is -0.870. The van der Waals surface area contributed by atoms with Gasteiger partial charge in [0.1, 0.15) is 0 Å². The summed E-state index contributed by atoms with van der Waals surface area (Å²) in [7, 11) is 0. The Morgan fingerprint density at radius 2 is 1.89 bits per heavy atom. The third-order valence-corrected chi connectivity index (χ3v) is 4.18. The normalized spacial score (nSPS) is 16.7. The van der Waals surface area contributed by atoms with Crippen LogP contribution in [0, 0.1) is 0 Å². The largest absolute Gasteiger partial charge is 0.420 e. The molecule has 0 amide bonds. The second-order valence-electron chi connectivity index (χ2n) is 4.94.